The second kappa shape index (κ2) is 9.06. The zero-order valence-corrected chi connectivity index (χ0v) is 25.7. The van der Waals surface area contributed by atoms with Crippen molar-refractivity contribution in [3.05, 3.63) is 192 Å². The fourth-order valence-corrected chi connectivity index (χ4v) is 9.27. The van der Waals surface area contributed by atoms with Crippen LogP contribution in [0.25, 0.3) is 76.5 Å². The zero-order chi connectivity index (χ0) is 30.7. The first-order valence-corrected chi connectivity index (χ1v) is 16.5. The third-order valence-corrected chi connectivity index (χ3v) is 11.0. The average Bonchev–Trinajstić information content (AvgIpc) is 3.62. The van der Waals surface area contributed by atoms with Crippen LogP contribution in [0.15, 0.2) is 170 Å². The van der Waals surface area contributed by atoms with Crippen LogP contribution in [0.3, 0.4) is 0 Å². The smallest absolute Gasteiger partial charge is 0.0619 e. The van der Waals surface area contributed by atoms with E-state index in [0.29, 0.717) is 0 Å². The van der Waals surface area contributed by atoms with E-state index in [4.69, 9.17) is 0 Å². The summed E-state index contributed by atoms with van der Waals surface area (Å²) in [5, 5.41) is 10.4. The minimum Gasteiger partial charge on any atom is -0.0619 e. The second-order valence-corrected chi connectivity index (χ2v) is 13.1. The fraction of sp³-hybridized carbons (Fsp3) is 0.0213. The highest BCUT2D eigenvalue weighted by Gasteiger charge is 2.53. The topological polar surface area (TPSA) is 0 Å². The Morgan fingerprint density at radius 1 is 0.277 bits per heavy atom. The van der Waals surface area contributed by atoms with Gasteiger partial charge in [-0.2, -0.15) is 0 Å². The summed E-state index contributed by atoms with van der Waals surface area (Å²) in [6, 6.07) is 63.8. The summed E-state index contributed by atoms with van der Waals surface area (Å²) in [6.45, 7) is 0. The first kappa shape index (κ1) is 25.2. The fourth-order valence-electron chi connectivity index (χ4n) is 9.27. The van der Waals surface area contributed by atoms with Crippen LogP contribution < -0.4 is 0 Å². The highest BCUT2D eigenvalue weighted by molar-refractivity contribution is 6.19. The van der Waals surface area contributed by atoms with Gasteiger partial charge in [0.15, 0.2) is 0 Å². The molecule has 0 heteroatoms. The van der Waals surface area contributed by atoms with Gasteiger partial charge in [-0.25, -0.2) is 0 Å². The molecule has 11 rings (SSSR count). The maximum atomic E-state index is 2.57. The summed E-state index contributed by atoms with van der Waals surface area (Å²) in [7, 11) is 0. The molecule has 0 saturated heterocycles. The number of benzene rings is 9. The molecule has 0 amide bonds. The molecular weight excluding hydrogens is 565 g/mol. The van der Waals surface area contributed by atoms with Crippen molar-refractivity contribution < 1.29 is 0 Å². The lowest BCUT2D eigenvalue weighted by molar-refractivity contribution is 0.802. The summed E-state index contributed by atoms with van der Waals surface area (Å²) < 4.78 is 0. The molecule has 0 radical (unpaired) electrons. The Morgan fingerprint density at radius 2 is 0.787 bits per heavy atom. The Kier molecular flexibility index (Phi) is 4.86. The van der Waals surface area contributed by atoms with Crippen LogP contribution in [0, 0.1) is 0 Å². The van der Waals surface area contributed by atoms with Gasteiger partial charge in [0.05, 0.1) is 5.41 Å². The van der Waals surface area contributed by atoms with Gasteiger partial charge in [-0.1, -0.05) is 158 Å². The van der Waals surface area contributed by atoms with Crippen molar-refractivity contribution in [1.29, 1.82) is 0 Å². The highest BCUT2D eigenvalue weighted by atomic mass is 14.5. The van der Waals surface area contributed by atoms with Crippen molar-refractivity contribution in [2.45, 2.75) is 5.41 Å². The molecule has 0 saturated carbocycles. The Labute approximate surface area is 273 Å². The zero-order valence-electron chi connectivity index (χ0n) is 25.7. The first-order chi connectivity index (χ1) is 23.3. The van der Waals surface area contributed by atoms with Gasteiger partial charge < -0.3 is 0 Å². The number of fused-ring (bicyclic) bond motifs is 17. The summed E-state index contributed by atoms with van der Waals surface area (Å²) in [4.78, 5) is 0. The molecule has 0 bridgehead atoms. The van der Waals surface area contributed by atoms with Gasteiger partial charge in [-0.05, 0) is 111 Å². The molecule has 0 fully saturated rings. The van der Waals surface area contributed by atoms with Gasteiger partial charge in [0.2, 0.25) is 0 Å². The van der Waals surface area contributed by atoms with Crippen molar-refractivity contribution in [1.82, 2.24) is 0 Å². The van der Waals surface area contributed by atoms with Gasteiger partial charge in [0.25, 0.3) is 0 Å². The predicted molar refractivity (Wildman–Crippen MR) is 198 cm³/mol. The van der Waals surface area contributed by atoms with Crippen molar-refractivity contribution in [2.75, 3.05) is 0 Å². The Morgan fingerprint density at radius 3 is 1.51 bits per heavy atom. The maximum absolute atomic E-state index is 2.57. The molecule has 0 aliphatic heterocycles. The average molecular weight is 593 g/mol. The molecule has 47 heavy (non-hydrogen) atoms. The van der Waals surface area contributed by atoms with E-state index in [0.717, 1.165) is 0 Å². The standard InChI is InChI=1S/C47H28/c1-4-16-32-29(13-1)25-26-39-45-38-22-8-7-19-35(38)41(40-27-30-14-2-3-15-31(30)33-17-5-6-18-34(33)40)28-44(45)47(46(32)39)42-23-11-9-20-36(42)37-21-10-12-24-43(37)47/h1-28H. The second-order valence-electron chi connectivity index (χ2n) is 13.1. The lowest BCUT2D eigenvalue weighted by Crippen LogP contribution is -2.26. The summed E-state index contributed by atoms with van der Waals surface area (Å²) in [5.41, 5.74) is 13.1. The maximum Gasteiger partial charge on any atom is 0.0731 e. The molecule has 2 aliphatic carbocycles. The van der Waals surface area contributed by atoms with E-state index in [1.165, 1.54) is 98.7 Å². The Balaban J connectivity index is 1.38. The van der Waals surface area contributed by atoms with Crippen molar-refractivity contribution in [3.63, 3.8) is 0 Å². The Bertz CT molecular complexity index is 2750. The monoisotopic (exact) mass is 592 g/mol. The molecule has 9 aromatic rings. The summed E-state index contributed by atoms with van der Waals surface area (Å²) >= 11 is 0. The molecule has 0 unspecified atom stereocenters. The predicted octanol–water partition coefficient (Wildman–Crippen LogP) is 12.3. The lowest BCUT2D eigenvalue weighted by Gasteiger charge is -2.32. The van der Waals surface area contributed by atoms with E-state index < -0.39 is 5.41 Å². The van der Waals surface area contributed by atoms with Crippen LogP contribution in [-0.4, -0.2) is 0 Å². The van der Waals surface area contributed by atoms with Crippen LogP contribution in [0.1, 0.15) is 22.3 Å². The van der Waals surface area contributed by atoms with Crippen molar-refractivity contribution >= 4 is 43.1 Å². The van der Waals surface area contributed by atoms with Gasteiger partial charge in [-0.3, -0.25) is 0 Å². The minimum absolute atomic E-state index is 0.440. The van der Waals surface area contributed by atoms with Crippen LogP contribution in [0.4, 0.5) is 0 Å². The lowest BCUT2D eigenvalue weighted by atomic mass is 9.69. The molecular formula is C47H28. The van der Waals surface area contributed by atoms with E-state index in [9.17, 15) is 0 Å². The first-order valence-electron chi connectivity index (χ1n) is 16.5. The summed E-state index contributed by atoms with van der Waals surface area (Å²) in [5.74, 6) is 0. The molecule has 0 nitrogen and oxygen atoms in total. The van der Waals surface area contributed by atoms with Crippen LogP contribution in [-0.2, 0) is 5.41 Å². The normalized spacial score (nSPS) is 13.7. The largest absolute Gasteiger partial charge is 0.0731 e. The minimum atomic E-state index is -0.440. The highest BCUT2D eigenvalue weighted by Crippen LogP contribution is 2.65. The third-order valence-electron chi connectivity index (χ3n) is 11.0. The van der Waals surface area contributed by atoms with Crippen molar-refractivity contribution in [3.8, 4) is 33.4 Å². The quantitative estimate of drug-likeness (QED) is 0.166. The van der Waals surface area contributed by atoms with E-state index in [1.807, 2.05) is 0 Å². The van der Waals surface area contributed by atoms with Gasteiger partial charge in [-0.15, -0.1) is 0 Å². The number of rotatable bonds is 1. The van der Waals surface area contributed by atoms with Crippen LogP contribution in [0.5, 0.6) is 0 Å². The number of hydrogen-bond acceptors (Lipinski definition) is 0. The molecule has 1 spiro atoms. The SMILES string of the molecule is c1ccc2c(c1)-c1ccccc1C21c2cc(-c3cc4ccccc4c4ccccc34)c3ccccc3c2-c2ccc3ccccc3c21. The van der Waals surface area contributed by atoms with Crippen molar-refractivity contribution in [2.24, 2.45) is 0 Å². The Hall–Kier alpha value is -5.98. The molecule has 0 N–H and O–H groups in total. The number of hydrogen-bond donors (Lipinski definition) is 0. The molecule has 0 heterocycles. The molecule has 2 aliphatic rings. The van der Waals surface area contributed by atoms with Gasteiger partial charge in [0, 0.05) is 0 Å². The van der Waals surface area contributed by atoms with E-state index in [-0.39, 0.29) is 0 Å². The van der Waals surface area contributed by atoms with Crippen LogP contribution >= 0.6 is 0 Å². The van der Waals surface area contributed by atoms with Gasteiger partial charge >= 0.3 is 0 Å². The van der Waals surface area contributed by atoms with E-state index in [1.54, 1.807) is 0 Å². The van der Waals surface area contributed by atoms with E-state index >= 15 is 0 Å². The molecule has 0 aromatic heterocycles. The molecule has 0 atom stereocenters. The molecule has 216 valence electrons. The van der Waals surface area contributed by atoms with E-state index in [2.05, 4.69) is 170 Å². The van der Waals surface area contributed by atoms with Gasteiger partial charge in [0.1, 0.15) is 0 Å². The van der Waals surface area contributed by atoms with Crippen LogP contribution in [0.2, 0.25) is 0 Å². The summed E-state index contributed by atoms with van der Waals surface area (Å²) in [6.07, 6.45) is 0. The molecule has 9 aromatic carbocycles. The third kappa shape index (κ3) is 3.08.